The molecule has 0 amide bonds. The predicted molar refractivity (Wildman–Crippen MR) is 72.9 cm³/mol. The first-order chi connectivity index (χ1) is 8.78. The monoisotopic (exact) mass is 233 g/mol. The average Bonchev–Trinajstić information content (AvgIpc) is 2.85. The predicted octanol–water partition coefficient (Wildman–Crippen LogP) is 3.29. The van der Waals surface area contributed by atoms with Gasteiger partial charge in [0.05, 0.1) is 11.6 Å². The number of anilines is 1. The number of hydrogen-bond acceptors (Lipinski definition) is 2. The summed E-state index contributed by atoms with van der Waals surface area (Å²) in [5.41, 5.74) is 10.1. The van der Waals surface area contributed by atoms with Crippen molar-refractivity contribution >= 4 is 16.6 Å². The second-order valence-corrected chi connectivity index (χ2v) is 4.20. The van der Waals surface area contributed by atoms with Crippen LogP contribution >= 0.6 is 0 Å². The van der Waals surface area contributed by atoms with Gasteiger partial charge in [0.15, 0.2) is 0 Å². The Labute approximate surface area is 104 Å². The van der Waals surface area contributed by atoms with Gasteiger partial charge in [0.1, 0.15) is 0 Å². The lowest BCUT2D eigenvalue weighted by atomic mass is 9.99. The number of benzene rings is 2. The van der Waals surface area contributed by atoms with E-state index < -0.39 is 0 Å². The summed E-state index contributed by atoms with van der Waals surface area (Å²) in [6.45, 7) is 0. The van der Waals surface area contributed by atoms with Crippen molar-refractivity contribution in [2.24, 2.45) is 0 Å². The number of aromatic nitrogens is 1. The minimum atomic E-state index is 0.581. The number of rotatable bonds is 1. The summed E-state index contributed by atoms with van der Waals surface area (Å²) in [5, 5.41) is 10.1. The van der Waals surface area contributed by atoms with Crippen molar-refractivity contribution < 1.29 is 0 Å². The highest BCUT2D eigenvalue weighted by atomic mass is 14.7. The maximum atomic E-state index is 8.99. The molecule has 3 nitrogen and oxygen atoms in total. The van der Waals surface area contributed by atoms with E-state index in [-0.39, 0.29) is 0 Å². The fourth-order valence-corrected chi connectivity index (χ4v) is 2.21. The average molecular weight is 233 g/mol. The standard InChI is InChI=1S/C15H11N3/c16-9-10-6-11(8-12(17)7-10)13-2-1-3-15-14(13)4-5-18-15/h1-8,18H,17H2. The van der Waals surface area contributed by atoms with Crippen LogP contribution in [0.3, 0.4) is 0 Å². The first kappa shape index (κ1) is 10.4. The SMILES string of the molecule is N#Cc1cc(N)cc(-c2cccc3[nH]ccc23)c1. The van der Waals surface area contributed by atoms with Gasteiger partial charge in [0.25, 0.3) is 0 Å². The molecule has 0 saturated heterocycles. The summed E-state index contributed by atoms with van der Waals surface area (Å²) in [4.78, 5) is 3.18. The van der Waals surface area contributed by atoms with Crippen LogP contribution in [0.4, 0.5) is 5.69 Å². The van der Waals surface area contributed by atoms with Crippen molar-refractivity contribution in [1.29, 1.82) is 5.26 Å². The third-order valence-corrected chi connectivity index (χ3v) is 2.99. The number of nitriles is 1. The molecule has 1 heterocycles. The normalized spacial score (nSPS) is 10.4. The molecular formula is C15H11N3. The van der Waals surface area contributed by atoms with E-state index in [2.05, 4.69) is 11.1 Å². The van der Waals surface area contributed by atoms with Crippen LogP contribution in [0, 0.1) is 11.3 Å². The smallest absolute Gasteiger partial charge is 0.0992 e. The third kappa shape index (κ3) is 1.61. The molecule has 0 spiro atoms. The molecule has 2 aromatic carbocycles. The van der Waals surface area contributed by atoms with Crippen LogP contribution in [0.5, 0.6) is 0 Å². The number of nitrogens with one attached hydrogen (secondary N) is 1. The summed E-state index contributed by atoms with van der Waals surface area (Å²) in [6, 6.07) is 15.6. The van der Waals surface area contributed by atoms with E-state index in [1.165, 1.54) is 0 Å². The Bertz CT molecular complexity index is 763. The lowest BCUT2D eigenvalue weighted by Gasteiger charge is -2.05. The van der Waals surface area contributed by atoms with Crippen LogP contribution in [0.15, 0.2) is 48.7 Å². The maximum absolute atomic E-state index is 8.99. The minimum absolute atomic E-state index is 0.581. The van der Waals surface area contributed by atoms with Gasteiger partial charge in [0, 0.05) is 22.8 Å². The Kier molecular flexibility index (Phi) is 2.28. The molecule has 0 fully saturated rings. The molecule has 1 aromatic heterocycles. The van der Waals surface area contributed by atoms with Crippen molar-refractivity contribution in [2.45, 2.75) is 0 Å². The molecule has 18 heavy (non-hydrogen) atoms. The molecule has 0 aliphatic rings. The Morgan fingerprint density at radius 3 is 2.83 bits per heavy atom. The second kappa shape index (κ2) is 3.94. The van der Waals surface area contributed by atoms with Crippen molar-refractivity contribution in [1.82, 2.24) is 4.98 Å². The van der Waals surface area contributed by atoms with Gasteiger partial charge in [-0.05, 0) is 41.5 Å². The van der Waals surface area contributed by atoms with Crippen LogP contribution < -0.4 is 5.73 Å². The first-order valence-corrected chi connectivity index (χ1v) is 5.65. The third-order valence-electron chi connectivity index (χ3n) is 2.99. The Hall–Kier alpha value is -2.73. The van der Waals surface area contributed by atoms with E-state index in [0.29, 0.717) is 11.3 Å². The highest BCUT2D eigenvalue weighted by molar-refractivity contribution is 5.95. The van der Waals surface area contributed by atoms with Crippen LogP contribution in [0.2, 0.25) is 0 Å². The van der Waals surface area contributed by atoms with Gasteiger partial charge in [-0.2, -0.15) is 5.26 Å². The maximum Gasteiger partial charge on any atom is 0.0992 e. The molecule has 3 rings (SSSR count). The topological polar surface area (TPSA) is 65.6 Å². The molecule has 3 N–H and O–H groups in total. The van der Waals surface area contributed by atoms with E-state index in [9.17, 15) is 0 Å². The van der Waals surface area contributed by atoms with E-state index in [1.807, 2.05) is 42.6 Å². The molecule has 3 aromatic rings. The van der Waals surface area contributed by atoms with Crippen LogP contribution in [-0.2, 0) is 0 Å². The van der Waals surface area contributed by atoms with Crippen LogP contribution in [0.1, 0.15) is 5.56 Å². The molecule has 3 heteroatoms. The number of aromatic amines is 1. The quantitative estimate of drug-likeness (QED) is 0.633. The van der Waals surface area contributed by atoms with Crippen molar-refractivity contribution in [3.63, 3.8) is 0 Å². The fourth-order valence-electron chi connectivity index (χ4n) is 2.21. The van der Waals surface area contributed by atoms with E-state index in [0.717, 1.165) is 22.0 Å². The highest BCUT2D eigenvalue weighted by Crippen LogP contribution is 2.30. The molecule has 0 atom stereocenters. The van der Waals surface area contributed by atoms with Gasteiger partial charge >= 0.3 is 0 Å². The zero-order chi connectivity index (χ0) is 12.5. The molecule has 0 aliphatic heterocycles. The zero-order valence-electron chi connectivity index (χ0n) is 9.64. The van der Waals surface area contributed by atoms with Gasteiger partial charge in [-0.1, -0.05) is 12.1 Å². The summed E-state index contributed by atoms with van der Waals surface area (Å²) in [7, 11) is 0. The summed E-state index contributed by atoms with van der Waals surface area (Å²) in [6.07, 6.45) is 1.91. The summed E-state index contributed by atoms with van der Waals surface area (Å²) >= 11 is 0. The molecule has 0 saturated carbocycles. The second-order valence-electron chi connectivity index (χ2n) is 4.20. The number of nitrogens with two attached hydrogens (primary N) is 1. The van der Waals surface area contributed by atoms with Crippen molar-refractivity contribution in [3.8, 4) is 17.2 Å². The number of fused-ring (bicyclic) bond motifs is 1. The molecule has 0 radical (unpaired) electrons. The first-order valence-electron chi connectivity index (χ1n) is 5.65. The van der Waals surface area contributed by atoms with Gasteiger partial charge in [-0.3, -0.25) is 0 Å². The minimum Gasteiger partial charge on any atom is -0.399 e. The van der Waals surface area contributed by atoms with Crippen molar-refractivity contribution in [2.75, 3.05) is 5.73 Å². The number of H-pyrrole nitrogens is 1. The van der Waals surface area contributed by atoms with Crippen molar-refractivity contribution in [3.05, 3.63) is 54.2 Å². The lowest BCUT2D eigenvalue weighted by molar-refractivity contribution is 1.47. The Morgan fingerprint density at radius 1 is 1.11 bits per heavy atom. The largest absolute Gasteiger partial charge is 0.399 e. The number of nitrogen functional groups attached to an aromatic ring is 1. The van der Waals surface area contributed by atoms with Gasteiger partial charge in [-0.15, -0.1) is 0 Å². The van der Waals surface area contributed by atoms with Crippen LogP contribution in [0.25, 0.3) is 22.0 Å². The summed E-state index contributed by atoms with van der Waals surface area (Å²) < 4.78 is 0. The van der Waals surface area contributed by atoms with Gasteiger partial charge in [0.2, 0.25) is 0 Å². The molecule has 0 aliphatic carbocycles. The molecule has 0 unspecified atom stereocenters. The zero-order valence-corrected chi connectivity index (χ0v) is 9.64. The van der Waals surface area contributed by atoms with Gasteiger partial charge in [-0.25, -0.2) is 0 Å². The van der Waals surface area contributed by atoms with Crippen LogP contribution in [-0.4, -0.2) is 4.98 Å². The highest BCUT2D eigenvalue weighted by Gasteiger charge is 2.06. The lowest BCUT2D eigenvalue weighted by Crippen LogP contribution is -1.88. The fraction of sp³-hybridized carbons (Fsp3) is 0. The van der Waals surface area contributed by atoms with E-state index >= 15 is 0 Å². The molecular weight excluding hydrogens is 222 g/mol. The number of nitrogens with zero attached hydrogens (tertiary/aromatic N) is 1. The van der Waals surface area contributed by atoms with E-state index in [1.54, 1.807) is 6.07 Å². The Morgan fingerprint density at radius 2 is 2.00 bits per heavy atom. The molecule has 0 bridgehead atoms. The molecule has 86 valence electrons. The van der Waals surface area contributed by atoms with E-state index in [4.69, 9.17) is 11.0 Å². The summed E-state index contributed by atoms with van der Waals surface area (Å²) in [5.74, 6) is 0. The Balaban J connectivity index is 2.29. The van der Waals surface area contributed by atoms with Gasteiger partial charge < -0.3 is 10.7 Å². The number of hydrogen-bond donors (Lipinski definition) is 2.